The van der Waals surface area contributed by atoms with Crippen molar-refractivity contribution in [3.63, 3.8) is 0 Å². The van der Waals surface area contributed by atoms with E-state index in [4.69, 9.17) is 5.73 Å². The lowest BCUT2D eigenvalue weighted by Crippen LogP contribution is -2.39. The number of hydrogen-bond donors (Lipinski definition) is 1. The summed E-state index contributed by atoms with van der Waals surface area (Å²) in [5, 5.41) is 0. The molecule has 1 aliphatic carbocycles. The zero-order valence-electron chi connectivity index (χ0n) is 12.7. The smallest absolute Gasteiger partial charge is 0.256 e. The van der Waals surface area contributed by atoms with Gasteiger partial charge in [0.15, 0.2) is 0 Å². The van der Waals surface area contributed by atoms with Gasteiger partial charge in [0.05, 0.1) is 11.9 Å². The van der Waals surface area contributed by atoms with Crippen LogP contribution in [0.15, 0.2) is 11.9 Å². The van der Waals surface area contributed by atoms with E-state index >= 15 is 0 Å². The maximum absolute atomic E-state index is 12.8. The molecular formula is C16H22FN3O. The average Bonchev–Trinajstić information content (AvgIpc) is 3.28. The minimum Gasteiger partial charge on any atom is -0.344 e. The predicted octanol–water partition coefficient (Wildman–Crippen LogP) is 2.08. The normalized spacial score (nSPS) is 19.1. The van der Waals surface area contributed by atoms with E-state index in [2.05, 4.69) is 0 Å². The highest BCUT2D eigenvalue weighted by Crippen LogP contribution is 2.35. The van der Waals surface area contributed by atoms with Crippen molar-refractivity contribution in [2.45, 2.75) is 45.7 Å². The van der Waals surface area contributed by atoms with Crippen LogP contribution in [0.5, 0.6) is 0 Å². The first-order valence-electron chi connectivity index (χ1n) is 7.56. The molecule has 21 heavy (non-hydrogen) atoms. The number of rotatable bonds is 4. The number of hydrogen-bond acceptors (Lipinski definition) is 2. The monoisotopic (exact) mass is 291 g/mol. The lowest BCUT2D eigenvalue weighted by molar-refractivity contribution is 0.0726. The Hall–Kier alpha value is -1.62. The Balaban J connectivity index is 1.98. The van der Waals surface area contributed by atoms with Crippen molar-refractivity contribution in [2.24, 2.45) is 5.73 Å². The molecule has 2 heterocycles. The third-order valence-corrected chi connectivity index (χ3v) is 4.75. The summed E-state index contributed by atoms with van der Waals surface area (Å²) in [6.45, 7) is 5.39. The first-order chi connectivity index (χ1) is 10.1. The Morgan fingerprint density at radius 2 is 2.10 bits per heavy atom. The largest absolute Gasteiger partial charge is 0.344 e. The molecule has 0 spiro atoms. The molecule has 2 aliphatic rings. The van der Waals surface area contributed by atoms with Crippen molar-refractivity contribution in [1.29, 1.82) is 0 Å². The van der Waals surface area contributed by atoms with Crippen molar-refractivity contribution in [3.05, 3.63) is 34.4 Å². The summed E-state index contributed by atoms with van der Waals surface area (Å²) in [4.78, 5) is 14.7. The fourth-order valence-corrected chi connectivity index (χ4v) is 3.33. The second-order valence-electron chi connectivity index (χ2n) is 6.06. The van der Waals surface area contributed by atoms with Crippen molar-refractivity contribution in [2.75, 3.05) is 13.1 Å². The lowest BCUT2D eigenvalue weighted by atomic mass is 10.00. The molecule has 0 aromatic carbocycles. The van der Waals surface area contributed by atoms with Gasteiger partial charge in [-0.25, -0.2) is 4.39 Å². The highest BCUT2D eigenvalue weighted by Gasteiger charge is 2.38. The summed E-state index contributed by atoms with van der Waals surface area (Å²) in [6.07, 6.45) is 3.73. The molecule has 1 amide bonds. The van der Waals surface area contributed by atoms with Crippen LogP contribution in [-0.4, -0.2) is 34.5 Å². The zero-order chi connectivity index (χ0) is 15.1. The van der Waals surface area contributed by atoms with E-state index < -0.39 is 0 Å². The Morgan fingerprint density at radius 1 is 1.38 bits per heavy atom. The van der Waals surface area contributed by atoms with E-state index in [-0.39, 0.29) is 12.5 Å². The van der Waals surface area contributed by atoms with E-state index in [1.165, 1.54) is 0 Å². The van der Waals surface area contributed by atoms with Crippen LogP contribution >= 0.6 is 0 Å². The Kier molecular flexibility index (Phi) is 3.61. The highest BCUT2D eigenvalue weighted by molar-refractivity contribution is 5.98. The van der Waals surface area contributed by atoms with Crippen LogP contribution in [-0.2, 0) is 13.0 Å². The van der Waals surface area contributed by atoms with Crippen molar-refractivity contribution in [1.82, 2.24) is 9.47 Å². The van der Waals surface area contributed by atoms with Gasteiger partial charge >= 0.3 is 0 Å². The fraction of sp³-hybridized carbons (Fsp3) is 0.562. The van der Waals surface area contributed by atoms with Gasteiger partial charge in [-0.05, 0) is 44.2 Å². The molecular weight excluding hydrogens is 269 g/mol. The second kappa shape index (κ2) is 5.30. The van der Waals surface area contributed by atoms with Gasteiger partial charge in [-0.1, -0.05) is 0 Å². The molecule has 0 unspecified atom stereocenters. The van der Waals surface area contributed by atoms with Gasteiger partial charge in [0, 0.05) is 37.1 Å². The standard InChI is InChI=1S/C16H22FN3O/c1-10-14-5-6-19(13-3-4-13)16(21)15(14)11(2)20(10)9-12(7-17)8-18/h7,13H,3-6,8-9,18H2,1-2H3/b12-7+. The SMILES string of the molecule is Cc1c2c(c(C)n1C/C(=C/F)CN)C(=O)N(C1CC1)CC2. The summed E-state index contributed by atoms with van der Waals surface area (Å²) >= 11 is 0. The van der Waals surface area contributed by atoms with Gasteiger partial charge in [0.1, 0.15) is 0 Å². The number of carbonyl (C=O) groups is 1. The number of nitrogens with two attached hydrogens (primary N) is 1. The molecule has 0 atom stereocenters. The van der Waals surface area contributed by atoms with Crippen LogP contribution < -0.4 is 5.73 Å². The van der Waals surface area contributed by atoms with Crippen molar-refractivity contribution in [3.8, 4) is 0 Å². The summed E-state index contributed by atoms with van der Waals surface area (Å²) < 4.78 is 14.8. The summed E-state index contributed by atoms with van der Waals surface area (Å²) in [5.74, 6) is 0.150. The van der Waals surface area contributed by atoms with E-state index in [1.807, 2.05) is 23.3 Å². The van der Waals surface area contributed by atoms with E-state index in [9.17, 15) is 9.18 Å². The maximum Gasteiger partial charge on any atom is 0.256 e. The number of carbonyl (C=O) groups excluding carboxylic acids is 1. The molecule has 1 aromatic heterocycles. The van der Waals surface area contributed by atoms with Crippen LogP contribution in [0.3, 0.4) is 0 Å². The number of halogens is 1. The number of fused-ring (bicyclic) bond motifs is 1. The molecule has 5 heteroatoms. The van der Waals surface area contributed by atoms with Gasteiger partial charge in [-0.3, -0.25) is 4.79 Å². The first kappa shape index (κ1) is 14.3. The van der Waals surface area contributed by atoms with Crippen LogP contribution in [0.4, 0.5) is 4.39 Å². The third-order valence-electron chi connectivity index (χ3n) is 4.75. The zero-order valence-corrected chi connectivity index (χ0v) is 12.7. The van der Waals surface area contributed by atoms with Crippen molar-refractivity contribution < 1.29 is 9.18 Å². The number of amides is 1. The topological polar surface area (TPSA) is 51.3 Å². The van der Waals surface area contributed by atoms with Crippen LogP contribution in [0.25, 0.3) is 0 Å². The van der Waals surface area contributed by atoms with Gasteiger partial charge in [0.25, 0.3) is 5.91 Å². The van der Waals surface area contributed by atoms with Crippen LogP contribution in [0.2, 0.25) is 0 Å². The van der Waals surface area contributed by atoms with Crippen LogP contribution in [0.1, 0.15) is 40.2 Å². The Bertz CT molecular complexity index is 614. The second-order valence-corrected chi connectivity index (χ2v) is 6.06. The minimum absolute atomic E-state index is 0.150. The summed E-state index contributed by atoms with van der Waals surface area (Å²) in [5.41, 5.74) is 10.1. The average molecular weight is 291 g/mol. The van der Waals surface area contributed by atoms with E-state index in [0.717, 1.165) is 48.3 Å². The molecule has 114 valence electrons. The molecule has 4 nitrogen and oxygen atoms in total. The van der Waals surface area contributed by atoms with E-state index in [0.29, 0.717) is 24.5 Å². The Morgan fingerprint density at radius 3 is 2.67 bits per heavy atom. The van der Waals surface area contributed by atoms with Crippen molar-refractivity contribution >= 4 is 5.91 Å². The number of nitrogens with zero attached hydrogens (tertiary/aromatic N) is 2. The Labute approximate surface area is 124 Å². The van der Waals surface area contributed by atoms with Gasteiger partial charge in [-0.15, -0.1) is 0 Å². The predicted molar refractivity (Wildman–Crippen MR) is 79.9 cm³/mol. The molecule has 1 aromatic rings. The first-order valence-corrected chi connectivity index (χ1v) is 7.56. The molecule has 0 bridgehead atoms. The minimum atomic E-state index is 0.150. The molecule has 2 N–H and O–H groups in total. The molecule has 0 saturated heterocycles. The summed E-state index contributed by atoms with van der Waals surface area (Å²) in [7, 11) is 0. The van der Waals surface area contributed by atoms with E-state index in [1.54, 1.807) is 0 Å². The highest BCUT2D eigenvalue weighted by atomic mass is 19.1. The molecule has 1 saturated carbocycles. The number of aromatic nitrogens is 1. The lowest BCUT2D eigenvalue weighted by Gasteiger charge is -2.27. The summed E-state index contributed by atoms with van der Waals surface area (Å²) in [6, 6.07) is 0.444. The van der Waals surface area contributed by atoms with Gasteiger partial charge in [0.2, 0.25) is 0 Å². The molecule has 3 rings (SSSR count). The van der Waals surface area contributed by atoms with Crippen LogP contribution in [0, 0.1) is 13.8 Å². The molecule has 1 fully saturated rings. The maximum atomic E-state index is 12.8. The fourth-order valence-electron chi connectivity index (χ4n) is 3.33. The molecule has 0 radical (unpaired) electrons. The third kappa shape index (κ3) is 2.29. The van der Waals surface area contributed by atoms with Gasteiger partial charge in [-0.2, -0.15) is 0 Å². The quantitative estimate of drug-likeness (QED) is 0.923. The molecule has 1 aliphatic heterocycles. The van der Waals surface area contributed by atoms with Gasteiger partial charge < -0.3 is 15.2 Å².